The van der Waals surface area contributed by atoms with Gasteiger partial charge in [-0.05, 0) is 13.0 Å². The summed E-state index contributed by atoms with van der Waals surface area (Å²) in [5.41, 5.74) is 0.156. The van der Waals surface area contributed by atoms with E-state index < -0.39 is 10.7 Å². The average molecular weight is 284 g/mol. The molecule has 0 aromatic heterocycles. The SMILES string of the molecule is Cc1cc(OCC(C)CNC(C)C)c(F)cc1[N+](=O)[O-]. The van der Waals surface area contributed by atoms with E-state index in [0.29, 0.717) is 18.2 Å². The lowest BCUT2D eigenvalue weighted by atomic mass is 10.1. The van der Waals surface area contributed by atoms with Crippen molar-refractivity contribution >= 4 is 5.69 Å². The number of benzene rings is 1. The molecule has 0 saturated carbocycles. The van der Waals surface area contributed by atoms with Crippen molar-refractivity contribution in [3.63, 3.8) is 0 Å². The molecule has 1 aromatic carbocycles. The summed E-state index contributed by atoms with van der Waals surface area (Å²) >= 11 is 0. The first-order valence-corrected chi connectivity index (χ1v) is 6.62. The van der Waals surface area contributed by atoms with Gasteiger partial charge in [0.15, 0.2) is 11.6 Å². The van der Waals surface area contributed by atoms with Gasteiger partial charge in [0.2, 0.25) is 0 Å². The third-order valence-electron chi connectivity index (χ3n) is 2.85. The van der Waals surface area contributed by atoms with Crippen LogP contribution in [0.1, 0.15) is 26.3 Å². The third kappa shape index (κ3) is 4.77. The van der Waals surface area contributed by atoms with Crippen LogP contribution in [0.25, 0.3) is 0 Å². The molecule has 0 spiro atoms. The summed E-state index contributed by atoms with van der Waals surface area (Å²) in [5.74, 6) is -0.428. The van der Waals surface area contributed by atoms with Crippen LogP contribution in [0.3, 0.4) is 0 Å². The van der Waals surface area contributed by atoms with Crippen LogP contribution in [0.2, 0.25) is 0 Å². The Bertz CT molecular complexity index is 478. The first-order chi connectivity index (χ1) is 9.31. The van der Waals surface area contributed by atoms with E-state index >= 15 is 0 Å². The Morgan fingerprint density at radius 1 is 1.40 bits per heavy atom. The molecule has 112 valence electrons. The van der Waals surface area contributed by atoms with Crippen LogP contribution < -0.4 is 10.1 Å². The molecule has 1 aromatic rings. The van der Waals surface area contributed by atoms with Crippen molar-refractivity contribution in [1.29, 1.82) is 0 Å². The Morgan fingerprint density at radius 3 is 2.60 bits per heavy atom. The summed E-state index contributed by atoms with van der Waals surface area (Å²) in [7, 11) is 0. The van der Waals surface area contributed by atoms with Gasteiger partial charge in [0.05, 0.1) is 17.6 Å². The minimum atomic E-state index is -0.702. The summed E-state index contributed by atoms with van der Waals surface area (Å²) in [5, 5.41) is 14.0. The van der Waals surface area contributed by atoms with Crippen LogP contribution in [-0.2, 0) is 0 Å². The number of hydrogen-bond donors (Lipinski definition) is 1. The molecule has 0 aliphatic rings. The lowest BCUT2D eigenvalue weighted by Gasteiger charge is -2.16. The molecule has 20 heavy (non-hydrogen) atoms. The van der Waals surface area contributed by atoms with Crippen LogP contribution in [0, 0.1) is 28.8 Å². The lowest BCUT2D eigenvalue weighted by Crippen LogP contribution is -2.30. The Hall–Kier alpha value is -1.69. The van der Waals surface area contributed by atoms with Crippen molar-refractivity contribution in [2.45, 2.75) is 33.7 Å². The second-order valence-corrected chi connectivity index (χ2v) is 5.31. The zero-order valence-electron chi connectivity index (χ0n) is 12.3. The second kappa shape index (κ2) is 7.19. The van der Waals surface area contributed by atoms with Gasteiger partial charge < -0.3 is 10.1 Å². The number of aryl methyl sites for hydroxylation is 1. The molecule has 0 aliphatic heterocycles. The highest BCUT2D eigenvalue weighted by atomic mass is 19.1. The van der Waals surface area contributed by atoms with Gasteiger partial charge in [0.25, 0.3) is 5.69 Å². The zero-order chi connectivity index (χ0) is 15.3. The summed E-state index contributed by atoms with van der Waals surface area (Å²) in [6, 6.07) is 2.66. The largest absolute Gasteiger partial charge is 0.490 e. The fourth-order valence-electron chi connectivity index (χ4n) is 1.68. The van der Waals surface area contributed by atoms with Gasteiger partial charge in [-0.1, -0.05) is 20.8 Å². The first kappa shape index (κ1) is 16.4. The second-order valence-electron chi connectivity index (χ2n) is 5.31. The molecule has 0 radical (unpaired) electrons. The number of nitro groups is 1. The first-order valence-electron chi connectivity index (χ1n) is 6.62. The van der Waals surface area contributed by atoms with Gasteiger partial charge in [0, 0.05) is 24.1 Å². The zero-order valence-corrected chi connectivity index (χ0v) is 12.3. The van der Waals surface area contributed by atoms with Crippen molar-refractivity contribution in [2.75, 3.05) is 13.2 Å². The van der Waals surface area contributed by atoms with Crippen molar-refractivity contribution < 1.29 is 14.1 Å². The summed E-state index contributed by atoms with van der Waals surface area (Å²) in [6.45, 7) is 8.78. The predicted octanol–water partition coefficient (Wildman–Crippen LogP) is 3.06. The number of halogens is 1. The molecule has 1 atom stereocenters. The van der Waals surface area contributed by atoms with Crippen molar-refractivity contribution in [3.05, 3.63) is 33.6 Å². The Kier molecular flexibility index (Phi) is 5.88. The van der Waals surface area contributed by atoms with E-state index in [4.69, 9.17) is 4.74 Å². The topological polar surface area (TPSA) is 64.4 Å². The smallest absolute Gasteiger partial charge is 0.275 e. The molecule has 1 rings (SSSR count). The highest BCUT2D eigenvalue weighted by Crippen LogP contribution is 2.27. The van der Waals surface area contributed by atoms with Gasteiger partial charge >= 0.3 is 0 Å². The molecule has 0 heterocycles. The maximum atomic E-state index is 13.7. The monoisotopic (exact) mass is 284 g/mol. The molecule has 0 aliphatic carbocycles. The third-order valence-corrected chi connectivity index (χ3v) is 2.85. The molecule has 1 N–H and O–H groups in total. The fraction of sp³-hybridized carbons (Fsp3) is 0.571. The normalized spacial score (nSPS) is 12.5. The van der Waals surface area contributed by atoms with Crippen LogP contribution >= 0.6 is 0 Å². The average Bonchev–Trinajstić information content (AvgIpc) is 2.36. The minimum absolute atomic E-state index is 0.0597. The number of nitro benzene ring substituents is 1. The molecular formula is C14H21FN2O3. The highest BCUT2D eigenvalue weighted by molar-refractivity contribution is 5.45. The minimum Gasteiger partial charge on any atom is -0.490 e. The van der Waals surface area contributed by atoms with E-state index in [0.717, 1.165) is 12.6 Å². The van der Waals surface area contributed by atoms with Crippen molar-refractivity contribution in [2.24, 2.45) is 5.92 Å². The van der Waals surface area contributed by atoms with Crippen LogP contribution in [0.4, 0.5) is 10.1 Å². The Balaban J connectivity index is 2.65. The molecular weight excluding hydrogens is 263 g/mol. The van der Waals surface area contributed by atoms with E-state index in [1.54, 1.807) is 6.92 Å². The Labute approximate surface area is 118 Å². The number of ether oxygens (including phenoxy) is 1. The summed E-state index contributed by atoms with van der Waals surface area (Å²) < 4.78 is 19.1. The van der Waals surface area contributed by atoms with Crippen LogP contribution in [-0.4, -0.2) is 24.1 Å². The summed E-state index contributed by atoms with van der Waals surface area (Å²) in [4.78, 5) is 10.1. The van der Waals surface area contributed by atoms with Crippen molar-refractivity contribution in [3.8, 4) is 5.75 Å². The number of nitrogens with one attached hydrogen (secondary N) is 1. The van der Waals surface area contributed by atoms with Gasteiger partial charge in [0.1, 0.15) is 0 Å². The maximum Gasteiger partial charge on any atom is 0.275 e. The van der Waals surface area contributed by atoms with Gasteiger partial charge in [-0.25, -0.2) is 4.39 Å². The number of rotatable bonds is 7. The van der Waals surface area contributed by atoms with Gasteiger partial charge in [-0.3, -0.25) is 10.1 Å². The molecule has 6 heteroatoms. The van der Waals surface area contributed by atoms with E-state index in [1.807, 2.05) is 20.8 Å². The van der Waals surface area contributed by atoms with Gasteiger partial charge in [-0.15, -0.1) is 0 Å². The highest BCUT2D eigenvalue weighted by Gasteiger charge is 2.16. The molecule has 0 fully saturated rings. The Morgan fingerprint density at radius 2 is 2.05 bits per heavy atom. The van der Waals surface area contributed by atoms with E-state index in [1.165, 1.54) is 6.07 Å². The standard InChI is InChI=1S/C14H21FN2O3/c1-9(2)16-7-10(3)8-20-14-5-11(4)13(17(18)19)6-12(14)15/h5-6,9-10,16H,7-8H2,1-4H3. The lowest BCUT2D eigenvalue weighted by molar-refractivity contribution is -0.385. The molecule has 5 nitrogen and oxygen atoms in total. The molecule has 0 amide bonds. The molecule has 0 bridgehead atoms. The van der Waals surface area contributed by atoms with Crippen LogP contribution in [0.15, 0.2) is 12.1 Å². The van der Waals surface area contributed by atoms with E-state index in [9.17, 15) is 14.5 Å². The maximum absolute atomic E-state index is 13.7. The fourth-order valence-corrected chi connectivity index (χ4v) is 1.68. The van der Waals surface area contributed by atoms with Gasteiger partial charge in [-0.2, -0.15) is 0 Å². The van der Waals surface area contributed by atoms with Crippen molar-refractivity contribution in [1.82, 2.24) is 5.32 Å². The quantitative estimate of drug-likeness (QED) is 0.617. The summed E-state index contributed by atoms with van der Waals surface area (Å²) in [6.07, 6.45) is 0. The van der Waals surface area contributed by atoms with E-state index in [2.05, 4.69) is 5.32 Å². The van der Waals surface area contributed by atoms with E-state index in [-0.39, 0.29) is 17.4 Å². The molecule has 1 unspecified atom stereocenters. The van der Waals surface area contributed by atoms with Crippen LogP contribution in [0.5, 0.6) is 5.75 Å². The molecule has 0 saturated heterocycles. The predicted molar refractivity (Wildman–Crippen MR) is 75.6 cm³/mol. The number of nitrogens with zero attached hydrogens (tertiary/aromatic N) is 1. The number of hydrogen-bond acceptors (Lipinski definition) is 4.